The van der Waals surface area contributed by atoms with E-state index in [0.29, 0.717) is 5.75 Å². The number of carboxylic acids is 1. The van der Waals surface area contributed by atoms with Crippen molar-refractivity contribution in [1.29, 1.82) is 0 Å². The summed E-state index contributed by atoms with van der Waals surface area (Å²) in [7, 11) is 0. The molecule has 28 heavy (non-hydrogen) atoms. The summed E-state index contributed by atoms with van der Waals surface area (Å²) in [6.07, 6.45) is 8.66. The van der Waals surface area contributed by atoms with Crippen LogP contribution in [0.15, 0.2) is 54.7 Å². The third-order valence-corrected chi connectivity index (χ3v) is 4.81. The Labute approximate surface area is 169 Å². The van der Waals surface area contributed by atoms with E-state index in [1.165, 1.54) is 0 Å². The molecule has 152 valence electrons. The minimum atomic E-state index is -0.970. The lowest BCUT2D eigenvalue weighted by atomic mass is 9.76. The molecule has 0 radical (unpaired) electrons. The van der Waals surface area contributed by atoms with Crippen molar-refractivity contribution in [2.45, 2.75) is 59.8 Å². The summed E-state index contributed by atoms with van der Waals surface area (Å²) < 4.78 is 0. The Bertz CT molecular complexity index is 818. The minimum Gasteiger partial charge on any atom is -0.507 e. The lowest BCUT2D eigenvalue weighted by Crippen LogP contribution is -2.18. The largest absolute Gasteiger partial charge is 0.507 e. The highest BCUT2D eigenvalue weighted by Crippen LogP contribution is 2.43. The van der Waals surface area contributed by atoms with Crippen LogP contribution in [0, 0.1) is 5.92 Å². The lowest BCUT2D eigenvalue weighted by molar-refractivity contribution is -0.131. The molecule has 0 aromatic heterocycles. The van der Waals surface area contributed by atoms with Crippen LogP contribution in [0.25, 0.3) is 5.57 Å². The Morgan fingerprint density at radius 3 is 2.00 bits per heavy atom. The fourth-order valence-corrected chi connectivity index (χ4v) is 3.26. The molecule has 1 aromatic rings. The molecule has 1 unspecified atom stereocenters. The molecule has 1 atom stereocenters. The molecule has 0 bridgehead atoms. The first-order valence-corrected chi connectivity index (χ1v) is 9.19. The Balaban J connectivity index is 0.00000392. The Hall–Kier alpha value is -2.55. The number of phenolic OH excluding ortho intramolecular Hbond substituents is 1. The van der Waals surface area contributed by atoms with Crippen molar-refractivity contribution in [1.82, 2.24) is 0 Å². The number of phenols is 1. The molecule has 0 saturated carbocycles. The summed E-state index contributed by atoms with van der Waals surface area (Å²) in [5, 5.41) is 19.8. The van der Waals surface area contributed by atoms with Gasteiger partial charge in [-0.15, -0.1) is 0 Å². The highest BCUT2D eigenvalue weighted by atomic mass is 16.4. The highest BCUT2D eigenvalue weighted by molar-refractivity contribution is 5.85. The first-order chi connectivity index (χ1) is 12.3. The van der Waals surface area contributed by atoms with Gasteiger partial charge >= 0.3 is 5.97 Å². The number of aliphatic carboxylic acids is 1. The second-order valence-corrected chi connectivity index (χ2v) is 9.13. The first kappa shape index (κ1) is 23.5. The Kier molecular flexibility index (Phi) is 6.89. The molecule has 3 nitrogen and oxygen atoms in total. The van der Waals surface area contributed by atoms with E-state index in [1.54, 1.807) is 6.08 Å². The number of benzene rings is 1. The van der Waals surface area contributed by atoms with Gasteiger partial charge in [0.1, 0.15) is 5.75 Å². The molecule has 1 aromatic carbocycles. The second kappa shape index (κ2) is 8.22. The second-order valence-electron chi connectivity index (χ2n) is 9.13. The lowest BCUT2D eigenvalue weighted by Gasteiger charge is -2.29. The van der Waals surface area contributed by atoms with Gasteiger partial charge in [-0.1, -0.05) is 79.9 Å². The van der Waals surface area contributed by atoms with Gasteiger partial charge in [-0.3, -0.25) is 0 Å². The van der Waals surface area contributed by atoms with E-state index in [2.05, 4.69) is 48.1 Å². The van der Waals surface area contributed by atoms with Gasteiger partial charge in [0.2, 0.25) is 0 Å². The minimum absolute atomic E-state index is 0. The third kappa shape index (κ3) is 5.03. The SMILES string of the molecule is C.C=C1C(c2cc(C(C)(C)C)c(O)c(C(C)(C)C)c2)=CC=CC1C=CC(=O)O. The van der Waals surface area contributed by atoms with Crippen molar-refractivity contribution >= 4 is 11.5 Å². The summed E-state index contributed by atoms with van der Waals surface area (Å²) in [5.74, 6) is -0.785. The number of carbonyl (C=O) groups is 1. The summed E-state index contributed by atoms with van der Waals surface area (Å²) in [5.41, 5.74) is 4.17. The molecular weight excluding hydrogens is 348 g/mol. The molecule has 0 heterocycles. The van der Waals surface area contributed by atoms with Crippen LogP contribution in [0.5, 0.6) is 5.75 Å². The summed E-state index contributed by atoms with van der Waals surface area (Å²) in [4.78, 5) is 10.9. The van der Waals surface area contributed by atoms with Gasteiger partial charge in [-0.25, -0.2) is 4.79 Å². The normalized spacial score (nSPS) is 17.4. The van der Waals surface area contributed by atoms with E-state index < -0.39 is 5.97 Å². The van der Waals surface area contributed by atoms with E-state index in [9.17, 15) is 9.90 Å². The van der Waals surface area contributed by atoms with Crippen LogP contribution in [0.2, 0.25) is 0 Å². The highest BCUT2D eigenvalue weighted by Gasteiger charge is 2.28. The van der Waals surface area contributed by atoms with Gasteiger partial charge in [-0.05, 0) is 39.7 Å². The number of allylic oxidation sites excluding steroid dienone is 6. The van der Waals surface area contributed by atoms with Gasteiger partial charge in [0.25, 0.3) is 0 Å². The maximum absolute atomic E-state index is 10.9. The standard InChI is InChI=1S/C24H30O3.CH4/c1-15-16(11-12-21(25)26)9-8-10-18(15)17-13-19(23(2,3)4)22(27)20(14-17)24(5,6)7;/h8-14,16,27H,1H2,2-7H3,(H,25,26);1H4. The molecule has 0 aliphatic heterocycles. The third-order valence-electron chi connectivity index (χ3n) is 4.81. The number of aromatic hydroxyl groups is 1. The van der Waals surface area contributed by atoms with Gasteiger partial charge in [0.05, 0.1) is 0 Å². The van der Waals surface area contributed by atoms with Gasteiger partial charge in [0, 0.05) is 23.1 Å². The van der Waals surface area contributed by atoms with E-state index in [4.69, 9.17) is 5.11 Å². The number of hydrogen-bond acceptors (Lipinski definition) is 2. The molecular formula is C25H34O3. The first-order valence-electron chi connectivity index (χ1n) is 9.19. The number of carboxylic acid groups (broad SMARTS) is 1. The van der Waals surface area contributed by atoms with Crippen molar-refractivity contribution in [3.63, 3.8) is 0 Å². The predicted molar refractivity (Wildman–Crippen MR) is 119 cm³/mol. The summed E-state index contributed by atoms with van der Waals surface area (Å²) in [6.45, 7) is 16.7. The zero-order valence-electron chi connectivity index (χ0n) is 17.1. The van der Waals surface area contributed by atoms with Crippen LogP contribution >= 0.6 is 0 Å². The van der Waals surface area contributed by atoms with Crippen molar-refractivity contribution < 1.29 is 15.0 Å². The molecule has 0 fully saturated rings. The molecule has 0 saturated heterocycles. The Morgan fingerprint density at radius 1 is 1.07 bits per heavy atom. The van der Waals surface area contributed by atoms with Gasteiger partial charge < -0.3 is 10.2 Å². The topological polar surface area (TPSA) is 57.5 Å². The van der Waals surface area contributed by atoms with Crippen molar-refractivity contribution in [3.8, 4) is 5.75 Å². The fourth-order valence-electron chi connectivity index (χ4n) is 3.26. The number of rotatable bonds is 3. The van der Waals surface area contributed by atoms with Gasteiger partial charge in [0.15, 0.2) is 0 Å². The zero-order chi connectivity index (χ0) is 20.6. The summed E-state index contributed by atoms with van der Waals surface area (Å²) in [6, 6.07) is 4.05. The van der Waals surface area contributed by atoms with E-state index >= 15 is 0 Å². The van der Waals surface area contributed by atoms with Crippen LogP contribution in [-0.4, -0.2) is 16.2 Å². The predicted octanol–water partition coefficient (Wildman–Crippen LogP) is 6.39. The fraction of sp³-hybridized carbons (Fsp3) is 0.400. The molecule has 1 aliphatic rings. The monoisotopic (exact) mass is 382 g/mol. The van der Waals surface area contributed by atoms with E-state index in [-0.39, 0.29) is 24.2 Å². The molecule has 0 spiro atoms. The average Bonchev–Trinajstić information content (AvgIpc) is 2.52. The molecule has 1 aliphatic carbocycles. The smallest absolute Gasteiger partial charge is 0.328 e. The van der Waals surface area contributed by atoms with E-state index in [1.807, 2.05) is 30.4 Å². The van der Waals surface area contributed by atoms with Crippen LogP contribution < -0.4 is 0 Å². The van der Waals surface area contributed by atoms with E-state index in [0.717, 1.165) is 33.9 Å². The number of hydrogen-bond donors (Lipinski definition) is 2. The van der Waals surface area contributed by atoms with Crippen LogP contribution in [0.4, 0.5) is 0 Å². The molecule has 3 heteroatoms. The molecule has 2 rings (SSSR count). The zero-order valence-corrected chi connectivity index (χ0v) is 17.1. The Morgan fingerprint density at radius 2 is 1.57 bits per heavy atom. The maximum atomic E-state index is 10.9. The van der Waals surface area contributed by atoms with Crippen molar-refractivity contribution in [2.75, 3.05) is 0 Å². The van der Waals surface area contributed by atoms with Crippen LogP contribution in [0.1, 0.15) is 65.7 Å². The van der Waals surface area contributed by atoms with Gasteiger partial charge in [-0.2, -0.15) is 0 Å². The van der Waals surface area contributed by atoms with Crippen LogP contribution in [-0.2, 0) is 15.6 Å². The quantitative estimate of drug-likeness (QED) is 0.596. The van der Waals surface area contributed by atoms with Crippen molar-refractivity contribution in [2.24, 2.45) is 5.92 Å². The van der Waals surface area contributed by atoms with Crippen molar-refractivity contribution in [3.05, 3.63) is 71.4 Å². The van der Waals surface area contributed by atoms with Crippen LogP contribution in [0.3, 0.4) is 0 Å². The maximum Gasteiger partial charge on any atom is 0.328 e. The average molecular weight is 383 g/mol. The molecule has 2 N–H and O–H groups in total. The summed E-state index contributed by atoms with van der Waals surface area (Å²) >= 11 is 0. The molecule has 0 amide bonds.